The summed E-state index contributed by atoms with van der Waals surface area (Å²) in [5.41, 5.74) is 5.80. The molecule has 1 rings (SSSR count). The number of hydrogen-bond acceptors (Lipinski definition) is 6. The number of carbonyl (C=O) groups excluding carboxylic acids is 3. The molecule has 9 nitrogen and oxygen atoms in total. The lowest BCUT2D eigenvalue weighted by Gasteiger charge is -2.26. The van der Waals surface area contributed by atoms with Crippen LogP contribution in [0.15, 0.2) is 24.3 Å². The number of nitrogens with one attached hydrogen (secondary N) is 1. The number of ether oxygens (including phenoxy) is 1. The zero-order valence-corrected chi connectivity index (χ0v) is 15.6. The molecule has 9 heteroatoms. The number of nitrogens with zero attached hydrogens (tertiary/aromatic N) is 1. The van der Waals surface area contributed by atoms with E-state index in [4.69, 9.17) is 10.5 Å². The van der Waals surface area contributed by atoms with Crippen molar-refractivity contribution in [1.82, 2.24) is 5.32 Å². The van der Waals surface area contributed by atoms with Gasteiger partial charge in [-0.05, 0) is 18.4 Å². The van der Waals surface area contributed by atoms with E-state index in [1.165, 1.54) is 24.3 Å². The van der Waals surface area contributed by atoms with Crippen molar-refractivity contribution < 1.29 is 24.0 Å². The molecule has 0 bridgehead atoms. The Labute approximate surface area is 157 Å². The highest BCUT2D eigenvalue weighted by atomic mass is 16.6. The molecule has 0 aliphatic rings. The number of non-ortho nitro benzene ring substituents is 1. The van der Waals surface area contributed by atoms with Crippen molar-refractivity contribution in [3.05, 3.63) is 39.9 Å². The van der Waals surface area contributed by atoms with Crippen molar-refractivity contribution in [2.24, 2.45) is 11.7 Å². The van der Waals surface area contributed by atoms with E-state index in [1.807, 2.05) is 13.8 Å². The highest BCUT2D eigenvalue weighted by Crippen LogP contribution is 2.26. The maximum absolute atomic E-state index is 12.1. The standard InChI is InChI=1S/C18H25N3O6/c1-4-27-16(23)10-14(12-5-7-13(8-6-12)21(25)26)17(18(19)24)20-15(22)9-11(2)3/h5-8,11,14,17H,4,9-10H2,1-3H3,(H2,19,24)(H,20,22)/t14-,17+/m0/s1. The molecule has 0 fully saturated rings. The number of nitrogens with two attached hydrogens (primary N) is 1. The molecule has 0 unspecified atom stereocenters. The minimum Gasteiger partial charge on any atom is -0.466 e. The molecule has 27 heavy (non-hydrogen) atoms. The van der Waals surface area contributed by atoms with Gasteiger partial charge in [0.25, 0.3) is 5.69 Å². The van der Waals surface area contributed by atoms with Gasteiger partial charge in [-0.1, -0.05) is 26.0 Å². The average Bonchev–Trinajstić information content (AvgIpc) is 2.57. The van der Waals surface area contributed by atoms with Gasteiger partial charge < -0.3 is 15.8 Å². The first-order chi connectivity index (χ1) is 12.6. The molecule has 0 spiro atoms. The average molecular weight is 379 g/mol. The van der Waals surface area contributed by atoms with E-state index in [0.717, 1.165) is 0 Å². The molecule has 0 saturated heterocycles. The van der Waals surface area contributed by atoms with Gasteiger partial charge in [0.1, 0.15) is 6.04 Å². The summed E-state index contributed by atoms with van der Waals surface area (Å²) in [6.45, 7) is 5.51. The predicted octanol–water partition coefficient (Wildman–Crippen LogP) is 1.65. The van der Waals surface area contributed by atoms with E-state index in [-0.39, 0.29) is 37.0 Å². The Morgan fingerprint density at radius 1 is 1.19 bits per heavy atom. The molecule has 0 saturated carbocycles. The lowest BCUT2D eigenvalue weighted by Crippen LogP contribution is -2.49. The van der Waals surface area contributed by atoms with Crippen LogP contribution in [0.4, 0.5) is 5.69 Å². The zero-order valence-electron chi connectivity index (χ0n) is 15.6. The van der Waals surface area contributed by atoms with Gasteiger partial charge in [0.2, 0.25) is 11.8 Å². The molecular weight excluding hydrogens is 354 g/mol. The van der Waals surface area contributed by atoms with Gasteiger partial charge >= 0.3 is 5.97 Å². The van der Waals surface area contributed by atoms with Crippen LogP contribution in [0.5, 0.6) is 0 Å². The molecule has 148 valence electrons. The molecule has 2 atom stereocenters. The normalized spacial score (nSPS) is 12.9. The summed E-state index contributed by atoms with van der Waals surface area (Å²) in [7, 11) is 0. The van der Waals surface area contributed by atoms with Gasteiger partial charge in [-0.25, -0.2) is 0 Å². The second-order valence-corrected chi connectivity index (χ2v) is 6.51. The maximum Gasteiger partial charge on any atom is 0.306 e. The van der Waals surface area contributed by atoms with Crippen LogP contribution in [-0.4, -0.2) is 35.4 Å². The first kappa shape index (κ1) is 22.1. The third-order valence-corrected chi connectivity index (χ3v) is 3.84. The Bertz CT molecular complexity index is 687. The summed E-state index contributed by atoms with van der Waals surface area (Å²) >= 11 is 0. The van der Waals surface area contributed by atoms with E-state index in [1.54, 1.807) is 6.92 Å². The molecular formula is C18H25N3O6. The fraction of sp³-hybridized carbons (Fsp3) is 0.500. The third kappa shape index (κ3) is 7.04. The van der Waals surface area contributed by atoms with E-state index >= 15 is 0 Å². The first-order valence-electron chi connectivity index (χ1n) is 8.64. The van der Waals surface area contributed by atoms with Crippen molar-refractivity contribution in [2.45, 2.75) is 45.6 Å². The summed E-state index contributed by atoms with van der Waals surface area (Å²) in [5.74, 6) is -2.48. The number of nitro benzene ring substituents is 1. The summed E-state index contributed by atoms with van der Waals surface area (Å²) in [6, 6.07) is 4.25. The van der Waals surface area contributed by atoms with Gasteiger partial charge in [0.05, 0.1) is 18.0 Å². The Balaban J connectivity index is 3.19. The highest BCUT2D eigenvalue weighted by Gasteiger charge is 2.32. The monoisotopic (exact) mass is 379 g/mol. The van der Waals surface area contributed by atoms with Crippen molar-refractivity contribution in [3.8, 4) is 0 Å². The van der Waals surface area contributed by atoms with E-state index in [2.05, 4.69) is 5.32 Å². The lowest BCUT2D eigenvalue weighted by atomic mass is 9.87. The Kier molecular flexibility index (Phi) is 8.37. The van der Waals surface area contributed by atoms with Crippen molar-refractivity contribution >= 4 is 23.5 Å². The van der Waals surface area contributed by atoms with Gasteiger partial charge in [0, 0.05) is 24.5 Å². The third-order valence-electron chi connectivity index (χ3n) is 3.84. The number of amides is 2. The van der Waals surface area contributed by atoms with Crippen LogP contribution < -0.4 is 11.1 Å². The second kappa shape index (κ2) is 10.2. The molecule has 0 aliphatic heterocycles. The van der Waals surface area contributed by atoms with Crippen LogP contribution in [-0.2, 0) is 19.1 Å². The highest BCUT2D eigenvalue weighted by molar-refractivity contribution is 5.88. The van der Waals surface area contributed by atoms with Crippen LogP contribution in [0.25, 0.3) is 0 Å². The maximum atomic E-state index is 12.1. The summed E-state index contributed by atoms with van der Waals surface area (Å²) < 4.78 is 4.94. The summed E-state index contributed by atoms with van der Waals surface area (Å²) in [6.07, 6.45) is -0.0165. The number of hydrogen-bond donors (Lipinski definition) is 2. The van der Waals surface area contributed by atoms with Crippen LogP contribution >= 0.6 is 0 Å². The van der Waals surface area contributed by atoms with E-state index in [9.17, 15) is 24.5 Å². The fourth-order valence-electron chi connectivity index (χ4n) is 2.64. The lowest BCUT2D eigenvalue weighted by molar-refractivity contribution is -0.384. The van der Waals surface area contributed by atoms with E-state index in [0.29, 0.717) is 5.56 Å². The first-order valence-corrected chi connectivity index (χ1v) is 8.64. The largest absolute Gasteiger partial charge is 0.466 e. The SMILES string of the molecule is CCOC(=O)C[C@@H](c1ccc([N+](=O)[O-])cc1)[C@@H](NC(=O)CC(C)C)C(N)=O. The van der Waals surface area contributed by atoms with Crippen molar-refractivity contribution in [2.75, 3.05) is 6.61 Å². The topological polar surface area (TPSA) is 142 Å². The quantitative estimate of drug-likeness (QED) is 0.359. The van der Waals surface area contributed by atoms with Crippen molar-refractivity contribution in [3.63, 3.8) is 0 Å². The molecule has 0 radical (unpaired) electrons. The number of primary amides is 1. The number of benzene rings is 1. The number of nitro groups is 1. The van der Waals surface area contributed by atoms with Gasteiger partial charge in [-0.15, -0.1) is 0 Å². The number of carbonyl (C=O) groups is 3. The van der Waals surface area contributed by atoms with Gasteiger partial charge in [-0.3, -0.25) is 24.5 Å². The molecule has 0 heterocycles. The molecule has 3 N–H and O–H groups in total. The molecule has 0 aromatic heterocycles. The van der Waals surface area contributed by atoms with Crippen LogP contribution in [0, 0.1) is 16.0 Å². The number of rotatable bonds is 10. The zero-order chi connectivity index (χ0) is 20.6. The van der Waals surface area contributed by atoms with Gasteiger partial charge in [0.15, 0.2) is 0 Å². The summed E-state index contributed by atoms with van der Waals surface area (Å²) in [4.78, 5) is 46.4. The smallest absolute Gasteiger partial charge is 0.306 e. The molecule has 1 aromatic rings. The second-order valence-electron chi connectivity index (χ2n) is 6.51. The number of esters is 1. The van der Waals surface area contributed by atoms with Crippen molar-refractivity contribution in [1.29, 1.82) is 0 Å². The molecule has 1 aromatic carbocycles. The van der Waals surface area contributed by atoms with E-state index < -0.39 is 28.8 Å². The Morgan fingerprint density at radius 3 is 2.22 bits per heavy atom. The van der Waals surface area contributed by atoms with Gasteiger partial charge in [-0.2, -0.15) is 0 Å². The van der Waals surface area contributed by atoms with Crippen LogP contribution in [0.1, 0.15) is 45.1 Å². The molecule has 0 aliphatic carbocycles. The predicted molar refractivity (Wildman–Crippen MR) is 97.7 cm³/mol. The Morgan fingerprint density at radius 2 is 1.78 bits per heavy atom. The minimum absolute atomic E-state index is 0.0707. The fourth-order valence-corrected chi connectivity index (χ4v) is 2.64. The molecule has 2 amide bonds. The Hall–Kier alpha value is -2.97. The minimum atomic E-state index is -1.15. The summed E-state index contributed by atoms with van der Waals surface area (Å²) in [5, 5.41) is 13.4. The van der Waals surface area contributed by atoms with Crippen LogP contribution in [0.2, 0.25) is 0 Å². The van der Waals surface area contributed by atoms with Crippen LogP contribution in [0.3, 0.4) is 0 Å².